The van der Waals surface area contributed by atoms with Crippen LogP contribution >= 0.6 is 0 Å². The van der Waals surface area contributed by atoms with E-state index in [0.717, 1.165) is 6.42 Å². The normalized spacial score (nSPS) is 21.1. The van der Waals surface area contributed by atoms with Crippen LogP contribution in [0.5, 0.6) is 0 Å². The molecule has 8 heteroatoms. The van der Waals surface area contributed by atoms with Crippen molar-refractivity contribution in [2.24, 2.45) is 0 Å². The second kappa shape index (κ2) is 8.21. The minimum Gasteiger partial charge on any atom is -0.356 e. The van der Waals surface area contributed by atoms with Crippen LogP contribution in [-0.4, -0.2) is 57.4 Å². The van der Waals surface area contributed by atoms with Gasteiger partial charge in [-0.15, -0.1) is 0 Å². The molecule has 1 atom stereocenters. The molecule has 0 spiro atoms. The van der Waals surface area contributed by atoms with Gasteiger partial charge in [0.2, 0.25) is 11.8 Å². The Morgan fingerprint density at radius 2 is 1.90 bits per heavy atom. The molecule has 0 aromatic heterocycles. The van der Waals surface area contributed by atoms with Crippen molar-refractivity contribution in [2.75, 3.05) is 31.1 Å². The van der Waals surface area contributed by atoms with Gasteiger partial charge in [-0.2, -0.15) is 0 Å². The quantitative estimate of drug-likeness (QED) is 0.548. The van der Waals surface area contributed by atoms with Gasteiger partial charge in [-0.3, -0.25) is 9.59 Å². The third-order valence-corrected chi connectivity index (χ3v) is 4.72. The third kappa shape index (κ3) is 6.85. The van der Waals surface area contributed by atoms with Crippen molar-refractivity contribution in [1.29, 1.82) is 0 Å². The van der Waals surface area contributed by atoms with Crippen LogP contribution in [0.4, 0.5) is 0 Å². The molecule has 1 heterocycles. The molecule has 3 N–H and O–H groups in total. The topological polar surface area (TPSA) is 104 Å². The van der Waals surface area contributed by atoms with E-state index in [1.54, 1.807) is 0 Å². The lowest BCUT2D eigenvalue weighted by molar-refractivity contribution is -0.122. The van der Waals surface area contributed by atoms with Gasteiger partial charge in [-0.25, -0.2) is 8.42 Å². The van der Waals surface area contributed by atoms with Crippen molar-refractivity contribution in [3.8, 4) is 0 Å². The summed E-state index contributed by atoms with van der Waals surface area (Å²) in [6.07, 6.45) is 1.23. The van der Waals surface area contributed by atoms with Crippen LogP contribution in [0.25, 0.3) is 0 Å². The van der Waals surface area contributed by atoms with Crippen molar-refractivity contribution < 1.29 is 18.0 Å². The average Bonchev–Trinajstić information content (AvgIpc) is 2.35. The van der Waals surface area contributed by atoms with E-state index < -0.39 is 9.84 Å². The molecule has 1 unspecified atom stereocenters. The highest BCUT2D eigenvalue weighted by molar-refractivity contribution is 7.91. The Hall–Kier alpha value is -1.15. The molecule has 2 amide bonds. The van der Waals surface area contributed by atoms with Gasteiger partial charge in [0, 0.05) is 38.5 Å². The van der Waals surface area contributed by atoms with Gasteiger partial charge in [0.1, 0.15) is 0 Å². The molecule has 0 radical (unpaired) electrons. The maximum atomic E-state index is 11.6. The molecule has 0 aromatic carbocycles. The predicted octanol–water partition coefficient (Wildman–Crippen LogP) is -1.20. The van der Waals surface area contributed by atoms with Crippen LogP contribution in [0.15, 0.2) is 0 Å². The van der Waals surface area contributed by atoms with Crippen molar-refractivity contribution in [3.63, 3.8) is 0 Å². The Bertz CT molecular complexity index is 436. The number of rotatable bonds is 7. The van der Waals surface area contributed by atoms with E-state index in [0.29, 0.717) is 13.1 Å². The van der Waals surface area contributed by atoms with Gasteiger partial charge in [-0.05, 0) is 6.42 Å². The summed E-state index contributed by atoms with van der Waals surface area (Å²) in [5.41, 5.74) is 0. The largest absolute Gasteiger partial charge is 0.356 e. The SMILES string of the molecule is CCCNC(=O)CCNC(=O)CC1CS(=O)(=O)CCN1. The number of carbonyl (C=O) groups is 2. The molecule has 0 aromatic rings. The van der Waals surface area contributed by atoms with E-state index in [1.807, 2.05) is 6.92 Å². The molecular weight excluding hydrogens is 282 g/mol. The number of hydrogen-bond donors (Lipinski definition) is 3. The lowest BCUT2D eigenvalue weighted by atomic mass is 10.2. The monoisotopic (exact) mass is 305 g/mol. The molecule has 1 rings (SSSR count). The number of sulfone groups is 1. The minimum absolute atomic E-state index is 0.00257. The standard InChI is InChI=1S/C12H23N3O4S/c1-2-4-14-11(16)3-5-15-12(17)8-10-9-20(18,19)7-6-13-10/h10,13H,2-9H2,1H3,(H,14,16)(H,15,17). The zero-order valence-corrected chi connectivity index (χ0v) is 12.6. The Morgan fingerprint density at radius 3 is 2.55 bits per heavy atom. The molecular formula is C12H23N3O4S. The predicted molar refractivity (Wildman–Crippen MR) is 76.0 cm³/mol. The molecule has 116 valence electrons. The summed E-state index contributed by atoms with van der Waals surface area (Å²) < 4.78 is 22.8. The van der Waals surface area contributed by atoms with E-state index in [9.17, 15) is 18.0 Å². The van der Waals surface area contributed by atoms with Crippen LogP contribution in [-0.2, 0) is 19.4 Å². The molecule has 1 saturated heterocycles. The fourth-order valence-electron chi connectivity index (χ4n) is 1.96. The number of amides is 2. The summed E-state index contributed by atoms with van der Waals surface area (Å²) >= 11 is 0. The van der Waals surface area contributed by atoms with Gasteiger partial charge >= 0.3 is 0 Å². The zero-order chi connectivity index (χ0) is 15.0. The molecule has 20 heavy (non-hydrogen) atoms. The van der Waals surface area contributed by atoms with E-state index in [2.05, 4.69) is 16.0 Å². The van der Waals surface area contributed by atoms with E-state index in [-0.39, 0.29) is 48.7 Å². The molecule has 0 bridgehead atoms. The summed E-state index contributed by atoms with van der Waals surface area (Å²) in [7, 11) is -3.03. The van der Waals surface area contributed by atoms with Crippen LogP contribution in [0.2, 0.25) is 0 Å². The van der Waals surface area contributed by atoms with Gasteiger partial charge < -0.3 is 16.0 Å². The summed E-state index contributed by atoms with van der Waals surface area (Å²) in [6.45, 7) is 3.26. The zero-order valence-electron chi connectivity index (χ0n) is 11.8. The molecule has 1 aliphatic rings. The first-order valence-corrected chi connectivity index (χ1v) is 8.72. The number of hydrogen-bond acceptors (Lipinski definition) is 5. The minimum atomic E-state index is -3.03. The Kier molecular flexibility index (Phi) is 6.94. The highest BCUT2D eigenvalue weighted by Crippen LogP contribution is 2.04. The lowest BCUT2D eigenvalue weighted by Gasteiger charge is -2.23. The summed E-state index contributed by atoms with van der Waals surface area (Å²) in [5.74, 6) is -0.200. The Labute approximate surface area is 119 Å². The van der Waals surface area contributed by atoms with Gasteiger partial charge in [-0.1, -0.05) is 6.92 Å². The molecule has 7 nitrogen and oxygen atoms in total. The summed E-state index contributed by atoms with van der Waals surface area (Å²) in [5, 5.41) is 8.36. The second-order valence-corrected chi connectivity index (χ2v) is 7.15. The van der Waals surface area contributed by atoms with Crippen LogP contribution in [0, 0.1) is 0 Å². The van der Waals surface area contributed by atoms with E-state index in [1.165, 1.54) is 0 Å². The van der Waals surface area contributed by atoms with Crippen molar-refractivity contribution in [1.82, 2.24) is 16.0 Å². The summed E-state index contributed by atoms with van der Waals surface area (Å²) in [4.78, 5) is 22.9. The fourth-order valence-corrected chi connectivity index (χ4v) is 3.41. The average molecular weight is 305 g/mol. The second-order valence-electron chi connectivity index (χ2n) is 4.92. The van der Waals surface area contributed by atoms with Crippen LogP contribution in [0.1, 0.15) is 26.2 Å². The van der Waals surface area contributed by atoms with Gasteiger partial charge in [0.05, 0.1) is 11.5 Å². The highest BCUT2D eigenvalue weighted by atomic mass is 32.2. The van der Waals surface area contributed by atoms with E-state index in [4.69, 9.17) is 0 Å². The molecule has 0 aliphatic carbocycles. The smallest absolute Gasteiger partial charge is 0.221 e. The molecule has 0 saturated carbocycles. The van der Waals surface area contributed by atoms with Gasteiger partial charge in [0.15, 0.2) is 9.84 Å². The molecule has 1 aliphatic heterocycles. The van der Waals surface area contributed by atoms with Crippen molar-refractivity contribution in [2.45, 2.75) is 32.2 Å². The first kappa shape index (κ1) is 16.9. The van der Waals surface area contributed by atoms with Crippen LogP contribution < -0.4 is 16.0 Å². The number of nitrogens with one attached hydrogen (secondary N) is 3. The maximum Gasteiger partial charge on any atom is 0.221 e. The fraction of sp³-hybridized carbons (Fsp3) is 0.833. The Balaban J connectivity index is 2.19. The summed E-state index contributed by atoms with van der Waals surface area (Å²) in [6, 6.07) is -0.331. The van der Waals surface area contributed by atoms with Gasteiger partial charge in [0.25, 0.3) is 0 Å². The van der Waals surface area contributed by atoms with Crippen molar-refractivity contribution >= 4 is 21.7 Å². The third-order valence-electron chi connectivity index (χ3n) is 2.98. The van der Waals surface area contributed by atoms with E-state index >= 15 is 0 Å². The number of carbonyl (C=O) groups excluding carboxylic acids is 2. The first-order chi connectivity index (χ1) is 9.43. The lowest BCUT2D eigenvalue weighted by Crippen LogP contribution is -2.47. The Morgan fingerprint density at radius 1 is 1.20 bits per heavy atom. The molecule has 1 fully saturated rings. The highest BCUT2D eigenvalue weighted by Gasteiger charge is 2.25. The van der Waals surface area contributed by atoms with Crippen molar-refractivity contribution in [3.05, 3.63) is 0 Å². The van der Waals surface area contributed by atoms with Crippen LogP contribution in [0.3, 0.4) is 0 Å². The first-order valence-electron chi connectivity index (χ1n) is 6.90. The maximum absolute atomic E-state index is 11.6.